The minimum Gasteiger partial charge on any atom is -0.493 e. The van der Waals surface area contributed by atoms with E-state index >= 15 is 0 Å². The van der Waals surface area contributed by atoms with Crippen molar-refractivity contribution in [2.75, 3.05) is 20.3 Å². The van der Waals surface area contributed by atoms with Gasteiger partial charge < -0.3 is 14.2 Å². The van der Waals surface area contributed by atoms with Crippen LogP contribution in [-0.4, -0.2) is 42.2 Å². The van der Waals surface area contributed by atoms with Crippen LogP contribution in [0.25, 0.3) is 10.9 Å². The molecule has 0 saturated heterocycles. The number of hydrogen-bond acceptors (Lipinski definition) is 7. The van der Waals surface area contributed by atoms with E-state index in [1.165, 1.54) is 18.0 Å². The molecule has 0 N–H and O–H groups in total. The molecule has 8 nitrogen and oxygen atoms in total. The molecule has 180 valence electrons. The highest BCUT2D eigenvalue weighted by Crippen LogP contribution is 2.42. The van der Waals surface area contributed by atoms with E-state index in [0.717, 1.165) is 4.47 Å². The molecule has 0 fully saturated rings. The summed E-state index contributed by atoms with van der Waals surface area (Å²) in [6.07, 6.45) is 1.48. The number of hydrogen-bond donors (Lipinski definition) is 0. The molecule has 1 aromatic heterocycles. The highest BCUT2D eigenvalue weighted by atomic mass is 79.9. The number of esters is 1. The molecule has 0 atom stereocenters. The summed E-state index contributed by atoms with van der Waals surface area (Å²) in [6.45, 7) is 5.49. The highest BCUT2D eigenvalue weighted by molar-refractivity contribution is 9.10. The summed E-state index contributed by atoms with van der Waals surface area (Å²) >= 11 is 13.3. The van der Waals surface area contributed by atoms with Crippen LogP contribution in [0, 0.1) is 0 Å². The topological polar surface area (TPSA) is 92.0 Å². The number of rotatable bonds is 8. The van der Waals surface area contributed by atoms with Crippen molar-refractivity contribution in [3.8, 4) is 11.5 Å². The molecular weight excluding hydrogens is 594 g/mol. The number of ether oxygens (including phenoxy) is 3. The summed E-state index contributed by atoms with van der Waals surface area (Å²) in [5, 5.41) is 5.05. The lowest BCUT2D eigenvalue weighted by atomic mass is 10.2. The van der Waals surface area contributed by atoms with E-state index in [-0.39, 0.29) is 41.2 Å². The van der Waals surface area contributed by atoms with E-state index < -0.39 is 5.97 Å². The van der Waals surface area contributed by atoms with Gasteiger partial charge in [-0.05, 0) is 47.1 Å². The molecule has 3 aromatic rings. The van der Waals surface area contributed by atoms with Crippen LogP contribution in [0.5, 0.6) is 11.5 Å². The molecule has 0 aliphatic rings. The minimum atomic E-state index is -0.529. The van der Waals surface area contributed by atoms with Crippen LogP contribution in [0.2, 0.25) is 5.02 Å². The zero-order valence-electron chi connectivity index (χ0n) is 18.9. The van der Waals surface area contributed by atoms with Gasteiger partial charge in [0.25, 0.3) is 5.56 Å². The summed E-state index contributed by atoms with van der Waals surface area (Å²) in [5.74, 6) is 0.394. The molecule has 0 spiro atoms. The second-order valence-electron chi connectivity index (χ2n) is 7.37. The number of methoxy groups -OCH3 is 1. The number of benzene rings is 2. The van der Waals surface area contributed by atoms with Crippen LogP contribution < -0.4 is 15.0 Å². The minimum absolute atomic E-state index is 0.0573. The van der Waals surface area contributed by atoms with E-state index in [1.54, 1.807) is 25.1 Å². The number of halogens is 3. The largest absolute Gasteiger partial charge is 0.493 e. The normalized spacial score (nSPS) is 11.4. The lowest BCUT2D eigenvalue weighted by Crippen LogP contribution is -2.23. The first-order valence-corrected chi connectivity index (χ1v) is 12.2. The Morgan fingerprint density at radius 2 is 2.03 bits per heavy atom. The third-order valence-electron chi connectivity index (χ3n) is 4.68. The molecular formula is C23H22Br2ClN3O5. The second-order valence-corrected chi connectivity index (χ2v) is 9.45. The Labute approximate surface area is 218 Å². The zero-order valence-corrected chi connectivity index (χ0v) is 22.8. The average molecular weight is 616 g/mol. The molecule has 0 amide bonds. The van der Waals surface area contributed by atoms with E-state index in [1.807, 2.05) is 19.9 Å². The van der Waals surface area contributed by atoms with Crippen molar-refractivity contribution < 1.29 is 19.0 Å². The number of carbonyl (C=O) groups excluding carboxylic acids is 1. The van der Waals surface area contributed by atoms with E-state index in [9.17, 15) is 9.59 Å². The molecule has 0 radical (unpaired) electrons. The summed E-state index contributed by atoms with van der Waals surface area (Å²) in [6, 6.07) is 6.97. The number of nitrogens with zero attached hydrogens (tertiary/aromatic N) is 3. The Kier molecular flexibility index (Phi) is 8.72. The van der Waals surface area contributed by atoms with E-state index in [0.29, 0.717) is 26.8 Å². The Balaban J connectivity index is 2.06. The van der Waals surface area contributed by atoms with Gasteiger partial charge in [-0.3, -0.25) is 4.79 Å². The smallest absolute Gasteiger partial charge is 0.344 e. The van der Waals surface area contributed by atoms with Crippen LogP contribution in [0.4, 0.5) is 0 Å². The summed E-state index contributed by atoms with van der Waals surface area (Å²) in [7, 11) is 1.45. The van der Waals surface area contributed by atoms with E-state index in [4.69, 9.17) is 25.8 Å². The van der Waals surface area contributed by atoms with Gasteiger partial charge in [-0.2, -0.15) is 9.78 Å². The molecule has 0 bridgehead atoms. The van der Waals surface area contributed by atoms with Crippen molar-refractivity contribution in [1.29, 1.82) is 0 Å². The van der Waals surface area contributed by atoms with Gasteiger partial charge in [-0.25, -0.2) is 9.78 Å². The molecule has 1 heterocycles. The van der Waals surface area contributed by atoms with E-state index in [2.05, 4.69) is 41.9 Å². The third kappa shape index (κ3) is 5.61. The first-order chi connectivity index (χ1) is 16.2. The van der Waals surface area contributed by atoms with Crippen LogP contribution >= 0.6 is 43.5 Å². The standard InChI is InChI=1S/C23H22Br2ClN3O5/c1-5-33-18(30)11-34-21-17(32-4)8-13(19(25)20(21)26)10-27-29-22(12(2)3)28-16-7-6-14(24)9-15(16)23(29)31/h6-10,12H,5,11H2,1-4H3. The SMILES string of the molecule is CCOC(=O)COc1c(OC)cc(C=Nn2c(C(C)C)nc3ccc(Br)cc3c2=O)c(Br)c1Cl. The fraction of sp³-hybridized carbons (Fsp3) is 0.304. The maximum absolute atomic E-state index is 13.2. The molecule has 2 aromatic carbocycles. The summed E-state index contributed by atoms with van der Waals surface area (Å²) in [4.78, 5) is 29.5. The van der Waals surface area contributed by atoms with Gasteiger partial charge in [0.2, 0.25) is 0 Å². The maximum Gasteiger partial charge on any atom is 0.344 e. The van der Waals surface area contributed by atoms with Crippen LogP contribution in [0.3, 0.4) is 0 Å². The molecule has 3 rings (SSSR count). The summed E-state index contributed by atoms with van der Waals surface area (Å²) < 4.78 is 18.3. The predicted molar refractivity (Wildman–Crippen MR) is 139 cm³/mol. The van der Waals surface area contributed by atoms with Crippen molar-refractivity contribution >= 4 is 66.5 Å². The van der Waals surface area contributed by atoms with Crippen molar-refractivity contribution in [3.63, 3.8) is 0 Å². The Morgan fingerprint density at radius 3 is 2.68 bits per heavy atom. The molecule has 0 aliphatic carbocycles. The van der Waals surface area contributed by atoms with Crippen LogP contribution in [0.15, 0.2) is 43.1 Å². The molecule has 34 heavy (non-hydrogen) atoms. The molecule has 0 saturated carbocycles. The first-order valence-electron chi connectivity index (χ1n) is 10.3. The Morgan fingerprint density at radius 1 is 1.29 bits per heavy atom. The molecule has 0 unspecified atom stereocenters. The number of aromatic nitrogens is 2. The Hall–Kier alpha value is -2.43. The van der Waals surface area contributed by atoms with Gasteiger partial charge in [0.1, 0.15) is 10.8 Å². The van der Waals surface area contributed by atoms with Crippen molar-refractivity contribution in [3.05, 3.63) is 60.0 Å². The lowest BCUT2D eigenvalue weighted by molar-refractivity contribution is -0.145. The average Bonchev–Trinajstić information content (AvgIpc) is 2.80. The van der Waals surface area contributed by atoms with Gasteiger partial charge in [-0.15, -0.1) is 0 Å². The highest BCUT2D eigenvalue weighted by Gasteiger charge is 2.19. The quantitative estimate of drug-likeness (QED) is 0.245. The van der Waals surface area contributed by atoms with Gasteiger partial charge in [-0.1, -0.05) is 41.4 Å². The second kappa shape index (κ2) is 11.3. The number of fused-ring (bicyclic) bond motifs is 1. The van der Waals surface area contributed by atoms with Crippen molar-refractivity contribution in [1.82, 2.24) is 9.66 Å². The lowest BCUT2D eigenvalue weighted by Gasteiger charge is -2.15. The van der Waals surface area contributed by atoms with Gasteiger partial charge >= 0.3 is 5.97 Å². The van der Waals surface area contributed by atoms with Crippen molar-refractivity contribution in [2.45, 2.75) is 26.7 Å². The Bertz CT molecular complexity index is 1320. The van der Waals surface area contributed by atoms with Gasteiger partial charge in [0.15, 0.2) is 18.1 Å². The summed E-state index contributed by atoms with van der Waals surface area (Å²) in [5.41, 5.74) is 0.827. The maximum atomic E-state index is 13.2. The fourth-order valence-corrected chi connectivity index (χ4v) is 4.10. The predicted octanol–water partition coefficient (Wildman–Crippen LogP) is 5.53. The zero-order chi connectivity index (χ0) is 25.0. The van der Waals surface area contributed by atoms with Gasteiger partial charge in [0, 0.05) is 20.4 Å². The van der Waals surface area contributed by atoms with Crippen LogP contribution in [0.1, 0.15) is 38.1 Å². The fourth-order valence-electron chi connectivity index (χ4n) is 3.09. The molecule has 11 heteroatoms. The van der Waals surface area contributed by atoms with Crippen LogP contribution in [-0.2, 0) is 9.53 Å². The first kappa shape index (κ1) is 26.2. The monoisotopic (exact) mass is 613 g/mol. The van der Waals surface area contributed by atoms with Crippen molar-refractivity contribution in [2.24, 2.45) is 5.10 Å². The third-order valence-corrected chi connectivity index (χ3v) is 6.61. The number of carbonyl (C=O) groups is 1. The van der Waals surface area contributed by atoms with Gasteiger partial charge in [0.05, 0.1) is 30.8 Å². The molecule has 0 aliphatic heterocycles.